The Hall–Kier alpha value is -0.670. The fraction of sp³-hybridized carbons (Fsp3) is 0.857. The average Bonchev–Trinajstić information content (AvgIpc) is 2.63. The fourth-order valence-corrected chi connectivity index (χ4v) is 1.11. The molecular formula is C7H11F2NO. The highest BCUT2D eigenvalue weighted by Gasteiger charge is 2.49. The van der Waals surface area contributed by atoms with Crippen molar-refractivity contribution in [1.82, 2.24) is 4.90 Å². The zero-order valence-electron chi connectivity index (χ0n) is 6.55. The zero-order chi connectivity index (χ0) is 8.59. The van der Waals surface area contributed by atoms with E-state index in [-0.39, 0.29) is 5.91 Å². The van der Waals surface area contributed by atoms with Crippen molar-refractivity contribution in [2.45, 2.75) is 12.8 Å². The van der Waals surface area contributed by atoms with Crippen LogP contribution < -0.4 is 0 Å². The molecule has 2 atom stereocenters. The Morgan fingerprint density at radius 2 is 2.09 bits per heavy atom. The van der Waals surface area contributed by atoms with Crippen LogP contribution in [0.3, 0.4) is 0 Å². The first-order valence-corrected chi connectivity index (χ1v) is 3.53. The topological polar surface area (TPSA) is 20.3 Å². The van der Waals surface area contributed by atoms with Crippen LogP contribution in [0.15, 0.2) is 0 Å². The van der Waals surface area contributed by atoms with Gasteiger partial charge in [-0.15, -0.1) is 0 Å². The maximum absolute atomic E-state index is 11.9. The van der Waals surface area contributed by atoms with Crippen molar-refractivity contribution in [2.75, 3.05) is 14.1 Å². The summed E-state index contributed by atoms with van der Waals surface area (Å²) in [6, 6.07) is 0. The molecule has 1 fully saturated rings. The molecule has 1 aliphatic rings. The first kappa shape index (κ1) is 8.43. The lowest BCUT2D eigenvalue weighted by Gasteiger charge is -2.08. The maximum atomic E-state index is 11.9. The molecule has 2 nitrogen and oxygen atoms in total. The van der Waals surface area contributed by atoms with E-state index in [1.54, 1.807) is 14.1 Å². The Bertz CT molecular complexity index is 170. The third-order valence-corrected chi connectivity index (χ3v) is 1.92. The first-order valence-electron chi connectivity index (χ1n) is 3.53. The highest BCUT2D eigenvalue weighted by atomic mass is 19.3. The van der Waals surface area contributed by atoms with E-state index in [9.17, 15) is 13.6 Å². The highest BCUT2D eigenvalue weighted by Crippen LogP contribution is 2.43. The largest absolute Gasteiger partial charge is 0.349 e. The summed E-state index contributed by atoms with van der Waals surface area (Å²) in [5.41, 5.74) is 0. The van der Waals surface area contributed by atoms with Gasteiger partial charge < -0.3 is 4.90 Å². The molecule has 0 saturated heterocycles. The molecule has 0 radical (unpaired) electrons. The molecule has 64 valence electrons. The van der Waals surface area contributed by atoms with Crippen LogP contribution in [0.4, 0.5) is 8.78 Å². The van der Waals surface area contributed by atoms with Crippen LogP contribution in [0.5, 0.6) is 0 Å². The predicted molar refractivity (Wildman–Crippen MR) is 36.3 cm³/mol. The summed E-state index contributed by atoms with van der Waals surface area (Å²) in [4.78, 5) is 12.4. The Balaban J connectivity index is 2.38. The van der Waals surface area contributed by atoms with Crippen molar-refractivity contribution in [3.8, 4) is 0 Å². The van der Waals surface area contributed by atoms with Crippen molar-refractivity contribution < 1.29 is 13.6 Å². The van der Waals surface area contributed by atoms with Gasteiger partial charge in [0.05, 0.1) is 0 Å². The minimum Gasteiger partial charge on any atom is -0.349 e. The van der Waals surface area contributed by atoms with E-state index < -0.39 is 18.3 Å². The van der Waals surface area contributed by atoms with Gasteiger partial charge in [-0.1, -0.05) is 0 Å². The summed E-state index contributed by atoms with van der Waals surface area (Å²) < 4.78 is 23.8. The highest BCUT2D eigenvalue weighted by molar-refractivity contribution is 5.81. The van der Waals surface area contributed by atoms with Crippen molar-refractivity contribution >= 4 is 5.91 Å². The summed E-state index contributed by atoms with van der Waals surface area (Å²) in [6.45, 7) is 0. The monoisotopic (exact) mass is 163 g/mol. The Kier molecular flexibility index (Phi) is 2.11. The normalized spacial score (nSPS) is 28.8. The molecule has 0 aromatic rings. The Morgan fingerprint density at radius 1 is 1.55 bits per heavy atom. The number of halogens is 2. The molecule has 1 aliphatic carbocycles. The van der Waals surface area contributed by atoms with Crippen LogP contribution in [0.25, 0.3) is 0 Å². The minimum absolute atomic E-state index is 0.171. The number of hydrogen-bond acceptors (Lipinski definition) is 1. The number of carbonyl (C=O) groups is 1. The predicted octanol–water partition coefficient (Wildman–Crippen LogP) is 0.976. The van der Waals surface area contributed by atoms with Gasteiger partial charge in [0.25, 0.3) is 0 Å². The van der Waals surface area contributed by atoms with Crippen LogP contribution in [0.1, 0.15) is 6.42 Å². The minimum atomic E-state index is -2.33. The van der Waals surface area contributed by atoms with Gasteiger partial charge in [0.2, 0.25) is 12.3 Å². The molecule has 0 aromatic heterocycles. The van der Waals surface area contributed by atoms with Gasteiger partial charge in [-0.05, 0) is 6.42 Å². The zero-order valence-corrected chi connectivity index (χ0v) is 6.55. The quantitative estimate of drug-likeness (QED) is 0.594. The van der Waals surface area contributed by atoms with E-state index in [2.05, 4.69) is 0 Å². The molecule has 1 amide bonds. The average molecular weight is 163 g/mol. The van der Waals surface area contributed by atoms with Gasteiger partial charge in [-0.25, -0.2) is 8.78 Å². The third-order valence-electron chi connectivity index (χ3n) is 1.92. The van der Waals surface area contributed by atoms with Gasteiger partial charge in [0.1, 0.15) is 0 Å². The molecule has 0 unspecified atom stereocenters. The van der Waals surface area contributed by atoms with Crippen molar-refractivity contribution in [3.63, 3.8) is 0 Å². The van der Waals surface area contributed by atoms with E-state index in [4.69, 9.17) is 0 Å². The summed E-state index contributed by atoms with van der Waals surface area (Å²) in [5, 5.41) is 0. The number of amides is 1. The molecular weight excluding hydrogens is 152 g/mol. The van der Waals surface area contributed by atoms with Crippen LogP contribution in [-0.2, 0) is 4.79 Å². The smallest absolute Gasteiger partial charge is 0.242 e. The van der Waals surface area contributed by atoms with Crippen molar-refractivity contribution in [3.05, 3.63) is 0 Å². The number of alkyl halides is 2. The molecule has 0 aliphatic heterocycles. The van der Waals surface area contributed by atoms with Gasteiger partial charge >= 0.3 is 0 Å². The lowest BCUT2D eigenvalue weighted by atomic mass is 10.3. The Labute approximate surface area is 64.2 Å². The molecule has 4 heteroatoms. The molecule has 0 bridgehead atoms. The molecule has 0 spiro atoms. The van der Waals surface area contributed by atoms with Crippen LogP contribution in [-0.4, -0.2) is 31.3 Å². The molecule has 1 saturated carbocycles. The second kappa shape index (κ2) is 2.75. The summed E-state index contributed by atoms with van der Waals surface area (Å²) in [7, 11) is 3.17. The molecule has 0 heterocycles. The van der Waals surface area contributed by atoms with Gasteiger partial charge in [-0.2, -0.15) is 0 Å². The summed E-state index contributed by atoms with van der Waals surface area (Å²) in [6.07, 6.45) is -1.97. The van der Waals surface area contributed by atoms with E-state index in [1.807, 2.05) is 0 Å². The number of hydrogen-bond donors (Lipinski definition) is 0. The molecule has 0 N–H and O–H groups in total. The van der Waals surface area contributed by atoms with Crippen LogP contribution in [0.2, 0.25) is 0 Å². The lowest BCUT2D eigenvalue weighted by Crippen LogP contribution is -2.24. The summed E-state index contributed by atoms with van der Waals surface area (Å²) >= 11 is 0. The first-order chi connectivity index (χ1) is 5.04. The second-order valence-electron chi connectivity index (χ2n) is 3.07. The number of carbonyl (C=O) groups excluding carboxylic acids is 1. The van der Waals surface area contributed by atoms with Crippen LogP contribution >= 0.6 is 0 Å². The lowest BCUT2D eigenvalue weighted by molar-refractivity contribution is -0.130. The maximum Gasteiger partial charge on any atom is 0.242 e. The van der Waals surface area contributed by atoms with Crippen molar-refractivity contribution in [1.29, 1.82) is 0 Å². The van der Waals surface area contributed by atoms with Gasteiger partial charge in [0, 0.05) is 25.9 Å². The standard InChI is InChI=1S/C7H11F2NO/c1-10(2)7(11)5-3-4(5)6(8)9/h4-6H,3H2,1-2H3/t4-,5-/m0/s1. The van der Waals surface area contributed by atoms with Crippen LogP contribution in [0, 0.1) is 11.8 Å². The molecule has 0 aromatic carbocycles. The van der Waals surface area contributed by atoms with Gasteiger partial charge in [0.15, 0.2) is 0 Å². The molecule has 11 heavy (non-hydrogen) atoms. The number of nitrogens with zero attached hydrogens (tertiary/aromatic N) is 1. The molecule has 1 rings (SSSR count). The van der Waals surface area contributed by atoms with E-state index >= 15 is 0 Å². The van der Waals surface area contributed by atoms with Gasteiger partial charge in [-0.3, -0.25) is 4.79 Å². The van der Waals surface area contributed by atoms with E-state index in [0.717, 1.165) is 0 Å². The third kappa shape index (κ3) is 1.67. The van der Waals surface area contributed by atoms with E-state index in [1.165, 1.54) is 4.90 Å². The second-order valence-corrected chi connectivity index (χ2v) is 3.07. The Morgan fingerprint density at radius 3 is 2.36 bits per heavy atom. The summed E-state index contributed by atoms with van der Waals surface area (Å²) in [5.74, 6) is -1.26. The number of rotatable bonds is 2. The van der Waals surface area contributed by atoms with Crippen molar-refractivity contribution in [2.24, 2.45) is 11.8 Å². The van der Waals surface area contributed by atoms with E-state index in [0.29, 0.717) is 6.42 Å². The SMILES string of the molecule is CN(C)C(=O)[C@H]1C[C@@H]1C(F)F. The fourth-order valence-electron chi connectivity index (χ4n) is 1.11.